The van der Waals surface area contributed by atoms with E-state index < -0.39 is 42.4 Å². The molecule has 10 heteroatoms. The van der Waals surface area contributed by atoms with Crippen molar-refractivity contribution in [2.24, 2.45) is 0 Å². The highest BCUT2D eigenvalue weighted by atomic mass is 16.5. The SMILES string of the molecule is O=C(O)CC[C@H](NC(=O)N[C@@H](COCc1ccccc1)C(=O)O)C(=O)O. The number of aliphatic carboxylic acids is 3. The topological polar surface area (TPSA) is 162 Å². The van der Waals surface area contributed by atoms with Gasteiger partial charge >= 0.3 is 23.9 Å². The average Bonchev–Trinajstić information content (AvgIpc) is 2.58. The maximum atomic E-state index is 11.8. The minimum atomic E-state index is -1.45. The predicted molar refractivity (Wildman–Crippen MR) is 87.5 cm³/mol. The quantitative estimate of drug-likeness (QED) is 0.372. The monoisotopic (exact) mass is 368 g/mol. The summed E-state index contributed by atoms with van der Waals surface area (Å²) in [6, 6.07) is 5.09. The van der Waals surface area contributed by atoms with Gasteiger partial charge in [0.25, 0.3) is 0 Å². The summed E-state index contributed by atoms with van der Waals surface area (Å²) in [6.07, 6.45) is -0.792. The van der Waals surface area contributed by atoms with Gasteiger partial charge in [-0.1, -0.05) is 30.3 Å². The molecule has 0 saturated heterocycles. The number of ether oxygens (including phenoxy) is 1. The number of carbonyl (C=O) groups is 4. The van der Waals surface area contributed by atoms with Crippen LogP contribution in [0.2, 0.25) is 0 Å². The largest absolute Gasteiger partial charge is 0.481 e. The first-order valence-electron chi connectivity index (χ1n) is 7.65. The molecule has 1 aromatic rings. The van der Waals surface area contributed by atoms with Crippen molar-refractivity contribution in [2.45, 2.75) is 31.5 Å². The minimum Gasteiger partial charge on any atom is -0.481 e. The van der Waals surface area contributed by atoms with Crippen LogP contribution in [0.15, 0.2) is 30.3 Å². The maximum absolute atomic E-state index is 11.8. The second-order valence-electron chi connectivity index (χ2n) is 5.33. The van der Waals surface area contributed by atoms with Crippen molar-refractivity contribution in [3.05, 3.63) is 35.9 Å². The molecule has 0 heterocycles. The second kappa shape index (κ2) is 10.7. The van der Waals surface area contributed by atoms with Crippen LogP contribution in [0.3, 0.4) is 0 Å². The fourth-order valence-corrected chi connectivity index (χ4v) is 1.93. The first-order valence-corrected chi connectivity index (χ1v) is 7.65. The van der Waals surface area contributed by atoms with Gasteiger partial charge in [0.15, 0.2) is 6.04 Å². The molecule has 1 aromatic carbocycles. The molecule has 0 fully saturated rings. The van der Waals surface area contributed by atoms with E-state index in [1.54, 1.807) is 24.3 Å². The van der Waals surface area contributed by atoms with Crippen LogP contribution in [0, 0.1) is 0 Å². The van der Waals surface area contributed by atoms with Crippen molar-refractivity contribution in [1.29, 1.82) is 0 Å². The van der Waals surface area contributed by atoms with Gasteiger partial charge in [0.05, 0.1) is 13.2 Å². The molecule has 2 atom stereocenters. The molecular formula is C16H20N2O8. The molecule has 5 N–H and O–H groups in total. The smallest absolute Gasteiger partial charge is 0.328 e. The second-order valence-corrected chi connectivity index (χ2v) is 5.33. The Kier molecular flexibility index (Phi) is 8.58. The fourth-order valence-electron chi connectivity index (χ4n) is 1.93. The van der Waals surface area contributed by atoms with Gasteiger partial charge in [-0.05, 0) is 12.0 Å². The van der Waals surface area contributed by atoms with E-state index in [9.17, 15) is 19.2 Å². The lowest BCUT2D eigenvalue weighted by molar-refractivity contribution is -0.141. The Morgan fingerprint density at radius 1 is 0.923 bits per heavy atom. The van der Waals surface area contributed by atoms with Crippen molar-refractivity contribution < 1.29 is 39.2 Å². The summed E-state index contributed by atoms with van der Waals surface area (Å²) in [4.78, 5) is 44.5. The summed E-state index contributed by atoms with van der Waals surface area (Å²) in [5, 5.41) is 30.8. The Hall–Kier alpha value is -3.14. The molecule has 1 rings (SSSR count). The first kappa shape index (κ1) is 20.9. The van der Waals surface area contributed by atoms with Crippen molar-refractivity contribution in [1.82, 2.24) is 10.6 Å². The molecule has 2 amide bonds. The third kappa shape index (κ3) is 8.11. The molecule has 142 valence electrons. The Bertz CT molecular complexity index is 634. The van der Waals surface area contributed by atoms with Crippen LogP contribution in [-0.4, -0.2) is 57.9 Å². The van der Waals surface area contributed by atoms with Crippen LogP contribution in [0.4, 0.5) is 4.79 Å². The molecule has 0 spiro atoms. The number of nitrogens with one attached hydrogen (secondary N) is 2. The molecule has 0 aliphatic carbocycles. The minimum absolute atomic E-state index is 0.143. The van der Waals surface area contributed by atoms with Gasteiger partial charge in [0.2, 0.25) is 0 Å². The predicted octanol–water partition coefficient (Wildman–Crippen LogP) is 0.274. The van der Waals surface area contributed by atoms with Crippen LogP contribution in [-0.2, 0) is 25.7 Å². The zero-order chi connectivity index (χ0) is 19.5. The van der Waals surface area contributed by atoms with Crippen molar-refractivity contribution >= 4 is 23.9 Å². The maximum Gasteiger partial charge on any atom is 0.328 e. The van der Waals surface area contributed by atoms with E-state index in [1.165, 1.54) is 0 Å². The van der Waals surface area contributed by atoms with Gasteiger partial charge in [0, 0.05) is 6.42 Å². The zero-order valence-corrected chi connectivity index (χ0v) is 13.8. The molecule has 26 heavy (non-hydrogen) atoms. The van der Waals surface area contributed by atoms with E-state index >= 15 is 0 Å². The number of carbonyl (C=O) groups excluding carboxylic acids is 1. The molecule has 0 bridgehead atoms. The highest BCUT2D eigenvalue weighted by Crippen LogP contribution is 2.02. The van der Waals surface area contributed by atoms with Crippen molar-refractivity contribution in [3.8, 4) is 0 Å². The van der Waals surface area contributed by atoms with Crippen LogP contribution >= 0.6 is 0 Å². The first-order chi connectivity index (χ1) is 12.3. The lowest BCUT2D eigenvalue weighted by Crippen LogP contribution is -2.52. The average molecular weight is 368 g/mol. The standard InChI is InChI=1S/C16H20N2O8/c19-13(20)7-6-11(14(21)22)17-16(25)18-12(15(23)24)9-26-8-10-4-2-1-3-5-10/h1-5,11-12H,6-9H2,(H,19,20)(H,21,22)(H,23,24)(H2,17,18,25)/t11-,12-/m0/s1. The van der Waals surface area contributed by atoms with Crippen molar-refractivity contribution in [2.75, 3.05) is 6.61 Å². The summed E-state index contributed by atoms with van der Waals surface area (Å²) < 4.78 is 5.26. The highest BCUT2D eigenvalue weighted by Gasteiger charge is 2.25. The molecule has 0 unspecified atom stereocenters. The van der Waals surface area contributed by atoms with E-state index in [2.05, 4.69) is 5.32 Å². The number of rotatable bonds is 11. The van der Waals surface area contributed by atoms with Gasteiger partial charge in [0.1, 0.15) is 6.04 Å². The molecule has 0 saturated carbocycles. The van der Waals surface area contributed by atoms with Crippen LogP contribution in [0.25, 0.3) is 0 Å². The van der Waals surface area contributed by atoms with E-state index in [1.807, 2.05) is 11.4 Å². The third-order valence-electron chi connectivity index (χ3n) is 3.25. The lowest BCUT2D eigenvalue weighted by atomic mass is 10.1. The van der Waals surface area contributed by atoms with Crippen LogP contribution < -0.4 is 10.6 Å². The Morgan fingerprint density at radius 3 is 2.04 bits per heavy atom. The van der Waals surface area contributed by atoms with E-state index in [0.29, 0.717) is 0 Å². The van der Waals surface area contributed by atoms with Crippen LogP contribution in [0.1, 0.15) is 18.4 Å². The number of hydrogen-bond donors (Lipinski definition) is 5. The summed E-state index contributed by atoms with van der Waals surface area (Å²) in [5.74, 6) is -3.99. The van der Waals surface area contributed by atoms with Crippen LogP contribution in [0.5, 0.6) is 0 Å². The Labute approximate surface area is 148 Å². The number of hydrogen-bond acceptors (Lipinski definition) is 5. The van der Waals surface area contributed by atoms with Gasteiger partial charge in [-0.25, -0.2) is 14.4 Å². The molecule has 10 nitrogen and oxygen atoms in total. The molecule has 0 aliphatic rings. The van der Waals surface area contributed by atoms with E-state index in [0.717, 1.165) is 5.56 Å². The van der Waals surface area contributed by atoms with Gasteiger partial charge < -0.3 is 30.7 Å². The zero-order valence-electron chi connectivity index (χ0n) is 13.8. The number of carboxylic acids is 3. The van der Waals surface area contributed by atoms with E-state index in [-0.39, 0.29) is 19.6 Å². The Balaban J connectivity index is 2.51. The summed E-state index contributed by atoms with van der Waals surface area (Å²) in [6.45, 7) is -0.186. The number of amides is 2. The third-order valence-corrected chi connectivity index (χ3v) is 3.25. The van der Waals surface area contributed by atoms with Gasteiger partial charge in [-0.2, -0.15) is 0 Å². The molecule has 0 radical (unpaired) electrons. The number of urea groups is 1. The summed E-state index contributed by atoms with van der Waals surface area (Å²) in [5.41, 5.74) is 0.820. The highest BCUT2D eigenvalue weighted by molar-refractivity contribution is 5.86. The normalized spacial score (nSPS) is 12.6. The summed E-state index contributed by atoms with van der Waals surface area (Å²) in [7, 11) is 0. The van der Waals surface area contributed by atoms with Gasteiger partial charge in [-0.3, -0.25) is 4.79 Å². The molecule has 0 aliphatic heterocycles. The van der Waals surface area contributed by atoms with Crippen molar-refractivity contribution in [3.63, 3.8) is 0 Å². The number of benzene rings is 1. The summed E-state index contributed by atoms with van der Waals surface area (Å²) >= 11 is 0. The lowest BCUT2D eigenvalue weighted by Gasteiger charge is -2.18. The van der Waals surface area contributed by atoms with Gasteiger partial charge in [-0.15, -0.1) is 0 Å². The van der Waals surface area contributed by atoms with E-state index in [4.69, 9.17) is 20.1 Å². The molecule has 0 aromatic heterocycles. The fraction of sp³-hybridized carbons (Fsp3) is 0.375. The number of carboxylic acid groups (broad SMARTS) is 3. The molecular weight excluding hydrogens is 348 g/mol. The Morgan fingerprint density at radius 2 is 1.50 bits per heavy atom.